The molecule has 3 aliphatic heterocycles. The first-order valence-electron chi connectivity index (χ1n) is 30.1. The summed E-state index contributed by atoms with van der Waals surface area (Å²) in [5.41, 5.74) is 27.6. The Morgan fingerprint density at radius 2 is 0.833 bits per heavy atom. The van der Waals surface area contributed by atoms with Crippen molar-refractivity contribution >= 4 is 57.2 Å². The van der Waals surface area contributed by atoms with Crippen LogP contribution in [0.3, 0.4) is 0 Å². The molecule has 5 aliphatic rings. The van der Waals surface area contributed by atoms with E-state index >= 15 is 0 Å². The van der Waals surface area contributed by atoms with E-state index in [0.29, 0.717) is 5.92 Å². The second-order valence-corrected chi connectivity index (χ2v) is 23.9. The van der Waals surface area contributed by atoms with Crippen molar-refractivity contribution in [2.45, 2.75) is 37.5 Å². The quantitative estimate of drug-likeness (QED) is 0.134. The molecule has 2 aliphatic carbocycles. The van der Waals surface area contributed by atoms with Crippen LogP contribution in [0.1, 0.15) is 59.8 Å². The summed E-state index contributed by atoms with van der Waals surface area (Å²) in [5.74, 6) is 4.15. The van der Waals surface area contributed by atoms with Crippen LogP contribution in [0.5, 0.6) is 11.5 Å². The van der Waals surface area contributed by atoms with Gasteiger partial charge >= 0.3 is 0 Å². The van der Waals surface area contributed by atoms with Crippen LogP contribution in [-0.4, -0.2) is 6.71 Å². The molecule has 2 bridgehead atoms. The van der Waals surface area contributed by atoms with E-state index in [-0.39, 0.29) is 12.6 Å². The van der Waals surface area contributed by atoms with Gasteiger partial charge in [-0.2, -0.15) is 0 Å². The first kappa shape index (κ1) is 48.8. The van der Waals surface area contributed by atoms with E-state index in [2.05, 4.69) is 295 Å². The summed E-state index contributed by atoms with van der Waals surface area (Å²) in [7, 11) is 0. The minimum Gasteiger partial charge on any atom is -0.457 e. The zero-order chi connectivity index (χ0) is 55.2. The fourth-order valence-corrected chi connectivity index (χ4v) is 15.4. The van der Waals surface area contributed by atoms with Crippen molar-refractivity contribution in [3.63, 3.8) is 0 Å². The van der Waals surface area contributed by atoms with Crippen LogP contribution in [0.2, 0.25) is 0 Å². The van der Waals surface area contributed by atoms with Crippen LogP contribution < -0.4 is 30.9 Å². The number of nitrogens with zero attached hydrogens (tertiary/aromatic N) is 2. The number of para-hydroxylation sites is 1. The molecule has 0 aromatic heterocycles. The zero-order valence-electron chi connectivity index (χ0n) is 46.7. The van der Waals surface area contributed by atoms with Crippen molar-refractivity contribution in [2.75, 3.05) is 9.80 Å². The number of benzene rings is 12. The Morgan fingerprint density at radius 3 is 1.38 bits per heavy atom. The Kier molecular flexibility index (Phi) is 11.6. The molecule has 4 unspecified atom stereocenters. The predicted octanol–water partition coefficient (Wildman–Crippen LogP) is 19.3. The first-order valence-corrected chi connectivity index (χ1v) is 30.1. The molecule has 0 N–H and O–H groups in total. The molecule has 12 aromatic carbocycles. The molecule has 398 valence electrons. The Balaban J connectivity index is 0.928. The monoisotopic (exact) mass is 1070 g/mol. The lowest BCUT2D eigenvalue weighted by atomic mass is 9.33. The zero-order valence-corrected chi connectivity index (χ0v) is 46.7. The molecular weight excluding hydrogens is 1020 g/mol. The van der Waals surface area contributed by atoms with Gasteiger partial charge in [0.2, 0.25) is 0 Å². The fraction of sp³-hybridized carbons (Fsp3) is 0.100. The van der Waals surface area contributed by atoms with Crippen molar-refractivity contribution in [3.05, 3.63) is 307 Å². The van der Waals surface area contributed by atoms with Crippen molar-refractivity contribution in [2.24, 2.45) is 11.8 Å². The third-order valence-electron chi connectivity index (χ3n) is 19.2. The molecule has 2 fully saturated rings. The van der Waals surface area contributed by atoms with Gasteiger partial charge in [-0.1, -0.05) is 219 Å². The van der Waals surface area contributed by atoms with E-state index in [1.54, 1.807) is 0 Å². The summed E-state index contributed by atoms with van der Waals surface area (Å²) in [6, 6.07) is 107. The van der Waals surface area contributed by atoms with E-state index < -0.39 is 0 Å². The lowest BCUT2D eigenvalue weighted by Crippen LogP contribution is -2.61. The molecular formula is C80H59BN2O. The summed E-state index contributed by atoms with van der Waals surface area (Å²) < 4.78 is 7.01. The second-order valence-electron chi connectivity index (χ2n) is 23.9. The van der Waals surface area contributed by atoms with E-state index in [4.69, 9.17) is 4.74 Å². The van der Waals surface area contributed by atoms with Crippen LogP contribution in [0, 0.1) is 11.8 Å². The van der Waals surface area contributed by atoms with Crippen molar-refractivity contribution in [3.8, 4) is 67.1 Å². The number of hydrogen-bond donors (Lipinski definition) is 0. The normalized spacial score (nSPS) is 17.6. The molecule has 0 spiro atoms. The number of ether oxygens (including phenoxy) is 1. The number of anilines is 6. The Morgan fingerprint density at radius 1 is 0.321 bits per heavy atom. The van der Waals surface area contributed by atoms with Crippen LogP contribution in [0.15, 0.2) is 285 Å². The third-order valence-corrected chi connectivity index (χ3v) is 19.2. The highest BCUT2D eigenvalue weighted by Gasteiger charge is 2.45. The summed E-state index contributed by atoms with van der Waals surface area (Å²) in [6.45, 7) is -0.120. The van der Waals surface area contributed by atoms with Crippen LogP contribution >= 0.6 is 0 Å². The van der Waals surface area contributed by atoms with Crippen LogP contribution in [0.25, 0.3) is 55.6 Å². The van der Waals surface area contributed by atoms with Crippen molar-refractivity contribution in [1.29, 1.82) is 0 Å². The first-order chi connectivity index (χ1) is 41.6. The molecule has 0 saturated heterocycles. The van der Waals surface area contributed by atoms with Gasteiger partial charge in [0.1, 0.15) is 11.5 Å². The lowest BCUT2D eigenvalue weighted by Gasteiger charge is -2.44. The van der Waals surface area contributed by atoms with Gasteiger partial charge in [-0.05, 0) is 193 Å². The van der Waals surface area contributed by atoms with Gasteiger partial charge in [0.05, 0.1) is 0 Å². The Hall–Kier alpha value is -9.90. The van der Waals surface area contributed by atoms with E-state index in [0.717, 1.165) is 40.4 Å². The van der Waals surface area contributed by atoms with Gasteiger partial charge in [-0.3, -0.25) is 0 Å². The molecule has 4 heteroatoms. The third kappa shape index (κ3) is 8.18. The van der Waals surface area contributed by atoms with Gasteiger partial charge in [0.15, 0.2) is 0 Å². The van der Waals surface area contributed by atoms with Crippen molar-refractivity contribution in [1.82, 2.24) is 0 Å². The maximum atomic E-state index is 7.01. The maximum absolute atomic E-state index is 7.01. The molecule has 2 saturated carbocycles. The van der Waals surface area contributed by atoms with Gasteiger partial charge in [-0.15, -0.1) is 0 Å². The van der Waals surface area contributed by atoms with Gasteiger partial charge in [0, 0.05) is 51.2 Å². The van der Waals surface area contributed by atoms with Gasteiger partial charge in [-0.25, -0.2) is 0 Å². The largest absolute Gasteiger partial charge is 0.457 e. The average molecular weight is 1080 g/mol. The molecule has 17 rings (SSSR count). The maximum Gasteiger partial charge on any atom is 0.252 e. The molecule has 84 heavy (non-hydrogen) atoms. The highest BCUT2D eigenvalue weighted by molar-refractivity contribution is 7.00. The molecule has 0 amide bonds. The smallest absolute Gasteiger partial charge is 0.252 e. The predicted molar refractivity (Wildman–Crippen MR) is 350 cm³/mol. The fourth-order valence-electron chi connectivity index (χ4n) is 15.4. The summed E-state index contributed by atoms with van der Waals surface area (Å²) >= 11 is 0. The summed E-state index contributed by atoms with van der Waals surface area (Å²) in [4.78, 5) is 5.16. The molecule has 4 atom stereocenters. The van der Waals surface area contributed by atoms with Crippen molar-refractivity contribution < 1.29 is 4.74 Å². The minimum absolute atomic E-state index is 0.0438. The number of rotatable bonds is 9. The molecule has 3 nitrogen and oxygen atoms in total. The second kappa shape index (κ2) is 19.9. The molecule has 12 aromatic rings. The van der Waals surface area contributed by atoms with E-state index in [1.165, 1.54) is 137 Å². The van der Waals surface area contributed by atoms with E-state index in [1.807, 2.05) is 0 Å². The van der Waals surface area contributed by atoms with Gasteiger partial charge in [0.25, 0.3) is 6.71 Å². The highest BCUT2D eigenvalue weighted by atomic mass is 16.5. The lowest BCUT2D eigenvalue weighted by molar-refractivity contribution is 0.415. The number of hydrogen-bond acceptors (Lipinski definition) is 3. The highest BCUT2D eigenvalue weighted by Crippen LogP contribution is 2.56. The summed E-state index contributed by atoms with van der Waals surface area (Å²) in [5, 5.41) is 0. The Labute approximate surface area is 492 Å². The van der Waals surface area contributed by atoms with Gasteiger partial charge < -0.3 is 14.5 Å². The minimum atomic E-state index is -0.120. The van der Waals surface area contributed by atoms with E-state index in [9.17, 15) is 0 Å². The number of fused-ring (bicyclic) bond motifs is 8. The average Bonchev–Trinajstić information content (AvgIpc) is 1.36. The topological polar surface area (TPSA) is 15.7 Å². The SMILES string of the molecule is c1ccc(-c2cc(-c3ccccc3)cc(N3c4ccc(C5c6ccccc6Oc6cc(C7CC8CCC7C8)ccc65)cc4B4c5ccc(-c6ccccc6)cc5N(c5cc(-c6ccccc6)cc(-c6ccccc6)c5)c5cccc3c54)c2)cc1. The molecule has 3 heterocycles. The summed E-state index contributed by atoms with van der Waals surface area (Å²) in [6.07, 6.45) is 5.42. The van der Waals surface area contributed by atoms with Crippen LogP contribution in [0.4, 0.5) is 34.1 Å². The molecule has 0 radical (unpaired) electrons. The van der Waals surface area contributed by atoms with Crippen LogP contribution in [-0.2, 0) is 0 Å². The standard InChI is InChI=1S/C80H59BN2O/c1-6-19-53(20-7-1)58-36-39-71-76(50-58)83(67-47-64(56-25-12-4-13-26-56)44-65(48-67)57-27-14-5-15-28-57)75-31-18-30-74-80(75)81(71)72-49-61(79-68-29-16-17-32-77(68)84-78-51-60(35-38-69(78)79)70-42-52-33-34-59(70)41-52)37-40-73(72)82(74)66-45-62(54-21-8-2-9-22-54)43-63(46-66)55-23-10-3-11-24-55/h1-32,35-40,43-52,59,70,79H,33-34,41-42H2. The Bertz CT molecular complexity index is 4390.